The van der Waals surface area contributed by atoms with E-state index in [-0.39, 0.29) is 16.2 Å². The molecule has 0 radical (unpaired) electrons. The van der Waals surface area contributed by atoms with Crippen LogP contribution in [0.3, 0.4) is 0 Å². The number of hydrogen-bond acceptors (Lipinski definition) is 6. The van der Waals surface area contributed by atoms with Gasteiger partial charge < -0.3 is 9.92 Å². The molecule has 0 aliphatic carbocycles. The molecule has 0 saturated heterocycles. The third-order valence-corrected chi connectivity index (χ3v) is 6.54. The van der Waals surface area contributed by atoms with Crippen molar-refractivity contribution in [2.45, 2.75) is 4.90 Å². The molecule has 1 aromatic heterocycles. The molecule has 2 N–H and O–H groups in total. The molecule has 0 amide bonds. The summed E-state index contributed by atoms with van der Waals surface area (Å²) >= 11 is 0. The zero-order chi connectivity index (χ0) is 23.7. The van der Waals surface area contributed by atoms with Gasteiger partial charge in [0.15, 0.2) is 0 Å². The van der Waals surface area contributed by atoms with E-state index in [1.54, 1.807) is 72.8 Å². The molecule has 168 valence electrons. The highest BCUT2D eigenvalue weighted by molar-refractivity contribution is 7.87. The summed E-state index contributed by atoms with van der Waals surface area (Å²) in [7, 11) is -3.96. The van der Waals surface area contributed by atoms with Crippen molar-refractivity contribution in [2.75, 3.05) is 5.73 Å². The van der Waals surface area contributed by atoms with Crippen molar-refractivity contribution in [1.82, 2.24) is 9.55 Å². The van der Waals surface area contributed by atoms with Crippen LogP contribution in [0.4, 0.5) is 5.69 Å². The molecule has 0 bridgehead atoms. The molecule has 0 unspecified atom stereocenters. The van der Waals surface area contributed by atoms with Crippen LogP contribution in [0.1, 0.15) is 0 Å². The Morgan fingerprint density at radius 1 is 0.765 bits per heavy atom. The van der Waals surface area contributed by atoms with Crippen LogP contribution in [0.25, 0.3) is 28.0 Å². The minimum Gasteiger partial charge on any atom is -0.399 e. The third-order valence-electron chi connectivity index (χ3n) is 5.28. The van der Waals surface area contributed by atoms with Gasteiger partial charge >= 0.3 is 10.1 Å². The van der Waals surface area contributed by atoms with Crippen molar-refractivity contribution >= 4 is 26.7 Å². The van der Waals surface area contributed by atoms with Crippen LogP contribution >= 0.6 is 0 Å². The van der Waals surface area contributed by atoms with E-state index < -0.39 is 10.1 Å². The molecule has 5 rings (SSSR count). The molecule has 0 fully saturated rings. The van der Waals surface area contributed by atoms with Gasteiger partial charge in [0.25, 0.3) is 5.56 Å². The molecule has 0 aliphatic heterocycles. The van der Waals surface area contributed by atoms with E-state index in [4.69, 9.17) is 14.9 Å². The minimum absolute atomic E-state index is 0.0625. The summed E-state index contributed by atoms with van der Waals surface area (Å²) in [6, 6.07) is 28.4. The highest BCUT2D eigenvalue weighted by atomic mass is 32.2. The Kier molecular flexibility index (Phi) is 5.35. The van der Waals surface area contributed by atoms with E-state index in [0.29, 0.717) is 33.7 Å². The lowest BCUT2D eigenvalue weighted by Gasteiger charge is -2.14. The van der Waals surface area contributed by atoms with Gasteiger partial charge in [-0.1, -0.05) is 30.3 Å². The van der Waals surface area contributed by atoms with E-state index in [1.165, 1.54) is 28.8 Å². The molecule has 8 heteroatoms. The zero-order valence-corrected chi connectivity index (χ0v) is 18.6. The molecular weight excluding hydrogens is 450 g/mol. The molecule has 4 aromatic carbocycles. The standard InChI is InChI=1S/C26H19N3O4S/c27-19-12-14-20(15-13-19)29-25(28-24-9-5-4-8-23(24)26(29)30)18-10-16-21(17-11-18)33-34(31,32)22-6-2-1-3-7-22/h1-17H,27H2. The zero-order valence-electron chi connectivity index (χ0n) is 17.8. The van der Waals surface area contributed by atoms with Crippen LogP contribution in [0.2, 0.25) is 0 Å². The molecule has 7 nitrogen and oxygen atoms in total. The van der Waals surface area contributed by atoms with E-state index >= 15 is 0 Å². The van der Waals surface area contributed by atoms with Crippen molar-refractivity contribution in [3.05, 3.63) is 113 Å². The topological polar surface area (TPSA) is 104 Å². The smallest absolute Gasteiger partial charge is 0.339 e. The van der Waals surface area contributed by atoms with Crippen LogP contribution in [-0.4, -0.2) is 18.0 Å². The fourth-order valence-corrected chi connectivity index (χ4v) is 4.56. The quantitative estimate of drug-likeness (QED) is 0.302. The second-order valence-electron chi connectivity index (χ2n) is 7.56. The van der Waals surface area contributed by atoms with Gasteiger partial charge in [0.1, 0.15) is 16.5 Å². The fraction of sp³-hybridized carbons (Fsp3) is 0. The number of anilines is 1. The molecule has 5 aromatic rings. The van der Waals surface area contributed by atoms with Crippen molar-refractivity contribution in [3.63, 3.8) is 0 Å². The second kappa shape index (κ2) is 8.49. The van der Waals surface area contributed by atoms with Crippen molar-refractivity contribution in [3.8, 4) is 22.8 Å². The first kappa shape index (κ1) is 21.4. The van der Waals surface area contributed by atoms with E-state index in [1.807, 2.05) is 6.07 Å². The van der Waals surface area contributed by atoms with Crippen LogP contribution in [0, 0.1) is 0 Å². The molecule has 0 atom stereocenters. The lowest BCUT2D eigenvalue weighted by atomic mass is 10.1. The molecule has 0 spiro atoms. The minimum atomic E-state index is -3.96. The SMILES string of the molecule is Nc1ccc(-n2c(-c3ccc(OS(=O)(=O)c4ccccc4)cc3)nc3ccccc3c2=O)cc1. The van der Waals surface area contributed by atoms with E-state index in [0.717, 1.165) is 0 Å². The highest BCUT2D eigenvalue weighted by Crippen LogP contribution is 2.26. The summed E-state index contributed by atoms with van der Waals surface area (Å²) < 4.78 is 31.8. The van der Waals surface area contributed by atoms with Crippen LogP contribution < -0.4 is 15.5 Å². The summed E-state index contributed by atoms with van der Waals surface area (Å²) in [5.74, 6) is 0.556. The third kappa shape index (κ3) is 4.02. The summed E-state index contributed by atoms with van der Waals surface area (Å²) in [5.41, 5.74) is 7.96. The lowest BCUT2D eigenvalue weighted by Crippen LogP contribution is -2.22. The first-order chi connectivity index (χ1) is 16.4. The Labute approximate surface area is 195 Å². The van der Waals surface area contributed by atoms with Gasteiger partial charge in [-0.15, -0.1) is 0 Å². The maximum atomic E-state index is 13.4. The Hall–Kier alpha value is -4.43. The van der Waals surface area contributed by atoms with Crippen molar-refractivity contribution < 1.29 is 12.6 Å². The van der Waals surface area contributed by atoms with Gasteiger partial charge in [-0.3, -0.25) is 9.36 Å². The number of para-hydroxylation sites is 1. The van der Waals surface area contributed by atoms with Gasteiger partial charge in [-0.2, -0.15) is 8.42 Å². The van der Waals surface area contributed by atoms with E-state index in [2.05, 4.69) is 0 Å². The molecular formula is C26H19N3O4S. The maximum Gasteiger partial charge on any atom is 0.339 e. The van der Waals surface area contributed by atoms with Crippen molar-refractivity contribution in [2.24, 2.45) is 0 Å². The summed E-state index contributed by atoms with van der Waals surface area (Å²) in [6.07, 6.45) is 0. The number of nitrogens with zero attached hydrogens (tertiary/aromatic N) is 2. The van der Waals surface area contributed by atoms with E-state index in [9.17, 15) is 13.2 Å². The van der Waals surface area contributed by atoms with Gasteiger partial charge in [0.05, 0.1) is 16.6 Å². The largest absolute Gasteiger partial charge is 0.399 e. The number of fused-ring (bicyclic) bond motifs is 1. The van der Waals surface area contributed by atoms with Crippen LogP contribution in [0.15, 0.2) is 113 Å². The normalized spacial score (nSPS) is 11.4. The number of nitrogens with two attached hydrogens (primary N) is 1. The molecule has 0 aliphatic rings. The Morgan fingerprint density at radius 3 is 2.12 bits per heavy atom. The summed E-state index contributed by atoms with van der Waals surface area (Å²) in [6.45, 7) is 0. The monoisotopic (exact) mass is 469 g/mol. The van der Waals surface area contributed by atoms with Gasteiger partial charge in [-0.25, -0.2) is 4.98 Å². The Morgan fingerprint density at radius 2 is 1.41 bits per heavy atom. The molecule has 0 saturated carbocycles. The van der Waals surface area contributed by atoms with Crippen molar-refractivity contribution in [1.29, 1.82) is 0 Å². The first-order valence-corrected chi connectivity index (χ1v) is 11.8. The highest BCUT2D eigenvalue weighted by Gasteiger charge is 2.18. The fourth-order valence-electron chi connectivity index (χ4n) is 3.61. The average molecular weight is 470 g/mol. The summed E-state index contributed by atoms with van der Waals surface area (Å²) in [5, 5.41) is 0.483. The molecule has 34 heavy (non-hydrogen) atoms. The predicted octanol–water partition coefficient (Wildman–Crippen LogP) is 4.40. The Bertz CT molecular complexity index is 1650. The number of aromatic nitrogens is 2. The maximum absolute atomic E-state index is 13.4. The summed E-state index contributed by atoms with van der Waals surface area (Å²) in [4.78, 5) is 18.2. The van der Waals surface area contributed by atoms with Gasteiger partial charge in [0.2, 0.25) is 0 Å². The number of hydrogen-bond donors (Lipinski definition) is 1. The van der Waals surface area contributed by atoms with Gasteiger partial charge in [-0.05, 0) is 72.8 Å². The first-order valence-electron chi connectivity index (χ1n) is 10.4. The van der Waals surface area contributed by atoms with Crippen LogP contribution in [0.5, 0.6) is 5.75 Å². The predicted molar refractivity (Wildman–Crippen MR) is 131 cm³/mol. The second-order valence-corrected chi connectivity index (χ2v) is 9.11. The number of nitrogen functional groups attached to an aromatic ring is 1. The van der Waals surface area contributed by atoms with Gasteiger partial charge in [0, 0.05) is 11.3 Å². The lowest BCUT2D eigenvalue weighted by molar-refractivity contribution is 0.486. The van der Waals surface area contributed by atoms with Crippen LogP contribution in [-0.2, 0) is 10.1 Å². The molecule has 1 heterocycles. The number of benzene rings is 4. The Balaban J connectivity index is 1.60. The number of rotatable bonds is 5. The average Bonchev–Trinajstić information content (AvgIpc) is 2.86.